The number of rotatable bonds is 1. The smallest absolute Gasteiger partial charge is 0.346 e. The van der Waals surface area contributed by atoms with Gasteiger partial charge in [-0.1, -0.05) is 0 Å². The molecule has 0 atom stereocenters. The van der Waals surface area contributed by atoms with Gasteiger partial charge in [-0.25, -0.2) is 5.32 Å². The summed E-state index contributed by atoms with van der Waals surface area (Å²) in [5.74, 6) is 1.42. The summed E-state index contributed by atoms with van der Waals surface area (Å²) in [6, 6.07) is 5.88. The Kier molecular flexibility index (Phi) is 1.81. The Morgan fingerprint density at radius 1 is 1.54 bits per heavy atom. The SMILES string of the molecule is COc1ccc2c(c1)NC(N)=[NH+]C2. The number of hydrogen-bond acceptors (Lipinski definition) is 3. The number of nitrogens with one attached hydrogen (secondary N) is 2. The molecule has 68 valence electrons. The summed E-state index contributed by atoms with van der Waals surface area (Å²) >= 11 is 0. The van der Waals surface area contributed by atoms with E-state index in [9.17, 15) is 0 Å². The lowest BCUT2D eigenvalue weighted by Crippen LogP contribution is -2.77. The molecule has 13 heavy (non-hydrogen) atoms. The van der Waals surface area contributed by atoms with Gasteiger partial charge in [-0.15, -0.1) is 0 Å². The molecule has 0 aliphatic carbocycles. The van der Waals surface area contributed by atoms with E-state index in [1.807, 2.05) is 18.2 Å². The first kappa shape index (κ1) is 7.91. The maximum absolute atomic E-state index is 5.59. The topological polar surface area (TPSA) is 61.2 Å². The van der Waals surface area contributed by atoms with Crippen LogP contribution < -0.4 is 20.8 Å². The van der Waals surface area contributed by atoms with Crippen molar-refractivity contribution in [3.63, 3.8) is 0 Å². The van der Waals surface area contributed by atoms with Crippen molar-refractivity contribution in [2.24, 2.45) is 5.73 Å². The minimum absolute atomic E-state index is 0.584. The van der Waals surface area contributed by atoms with Crippen LogP contribution in [0.1, 0.15) is 5.56 Å². The van der Waals surface area contributed by atoms with Crippen LogP contribution in [0.25, 0.3) is 0 Å². The van der Waals surface area contributed by atoms with Crippen molar-refractivity contribution >= 4 is 11.6 Å². The fraction of sp³-hybridized carbons (Fsp3) is 0.222. The zero-order chi connectivity index (χ0) is 9.26. The quantitative estimate of drug-likeness (QED) is 0.518. The number of benzene rings is 1. The fourth-order valence-electron chi connectivity index (χ4n) is 1.33. The summed E-state index contributed by atoms with van der Waals surface area (Å²) in [5, 5.41) is 3.04. The van der Waals surface area contributed by atoms with E-state index in [-0.39, 0.29) is 0 Å². The van der Waals surface area contributed by atoms with E-state index in [0.717, 1.165) is 18.0 Å². The fourth-order valence-corrected chi connectivity index (χ4v) is 1.33. The second-order valence-corrected chi connectivity index (χ2v) is 2.92. The van der Waals surface area contributed by atoms with Crippen LogP contribution in [0.2, 0.25) is 0 Å². The van der Waals surface area contributed by atoms with Crippen LogP contribution >= 0.6 is 0 Å². The van der Waals surface area contributed by atoms with Crippen molar-refractivity contribution in [3.05, 3.63) is 23.8 Å². The standard InChI is InChI=1S/C9H11N3O/c1-13-7-3-2-6-5-11-9(10)12-8(6)4-7/h2-4H,5H2,1H3,(H3,10,11,12)/p+1. The van der Waals surface area contributed by atoms with Crippen molar-refractivity contribution in [2.75, 3.05) is 12.4 Å². The molecule has 1 heterocycles. The summed E-state index contributed by atoms with van der Waals surface area (Å²) in [6.45, 7) is 0.762. The third-order valence-electron chi connectivity index (χ3n) is 2.06. The van der Waals surface area contributed by atoms with Crippen LogP contribution in [-0.2, 0) is 6.54 Å². The first-order chi connectivity index (χ1) is 6.29. The Labute approximate surface area is 76.4 Å². The lowest BCUT2D eigenvalue weighted by Gasteiger charge is -2.11. The Hall–Kier alpha value is -1.71. The molecule has 0 saturated heterocycles. The van der Waals surface area contributed by atoms with Crippen LogP contribution in [0.15, 0.2) is 18.2 Å². The third-order valence-corrected chi connectivity index (χ3v) is 2.06. The van der Waals surface area contributed by atoms with Crippen LogP contribution in [0.5, 0.6) is 5.75 Å². The summed E-state index contributed by atoms with van der Waals surface area (Å²) in [4.78, 5) is 3.02. The maximum atomic E-state index is 5.59. The van der Waals surface area contributed by atoms with Gasteiger partial charge in [0.2, 0.25) is 0 Å². The highest BCUT2D eigenvalue weighted by molar-refractivity contribution is 5.89. The molecule has 1 aromatic carbocycles. The van der Waals surface area contributed by atoms with Crippen molar-refractivity contribution in [1.82, 2.24) is 0 Å². The number of anilines is 1. The zero-order valence-corrected chi connectivity index (χ0v) is 7.42. The molecule has 4 heteroatoms. The van der Waals surface area contributed by atoms with E-state index in [1.54, 1.807) is 7.11 Å². The molecule has 1 aromatic rings. The van der Waals surface area contributed by atoms with Gasteiger partial charge in [-0.2, -0.15) is 0 Å². The number of fused-ring (bicyclic) bond motifs is 1. The number of ether oxygens (including phenoxy) is 1. The first-order valence-electron chi connectivity index (χ1n) is 4.10. The predicted molar refractivity (Wildman–Crippen MR) is 50.5 cm³/mol. The molecule has 0 fully saturated rings. The van der Waals surface area contributed by atoms with Gasteiger partial charge in [0.15, 0.2) is 0 Å². The van der Waals surface area contributed by atoms with Crippen molar-refractivity contribution in [3.8, 4) is 5.75 Å². The number of hydrogen-bond donors (Lipinski definition) is 3. The molecule has 0 spiro atoms. The molecule has 1 aliphatic heterocycles. The third kappa shape index (κ3) is 1.42. The lowest BCUT2D eigenvalue weighted by molar-refractivity contribution is -0.477. The normalized spacial score (nSPS) is 14.1. The maximum Gasteiger partial charge on any atom is 0.346 e. The number of guanidine groups is 1. The van der Waals surface area contributed by atoms with Gasteiger partial charge in [-0.05, 0) is 12.1 Å². The largest absolute Gasteiger partial charge is 0.497 e. The van der Waals surface area contributed by atoms with Crippen molar-refractivity contribution in [2.45, 2.75) is 6.54 Å². The highest BCUT2D eigenvalue weighted by Crippen LogP contribution is 2.22. The summed E-state index contributed by atoms with van der Waals surface area (Å²) < 4.78 is 5.11. The highest BCUT2D eigenvalue weighted by atomic mass is 16.5. The molecule has 1 aliphatic rings. The monoisotopic (exact) mass is 178 g/mol. The molecule has 0 aromatic heterocycles. The van der Waals surface area contributed by atoms with Crippen molar-refractivity contribution in [1.29, 1.82) is 0 Å². The average Bonchev–Trinajstić information content (AvgIpc) is 2.16. The Bertz CT molecular complexity index is 360. The molecular formula is C9H12N3O+. The van der Waals surface area contributed by atoms with E-state index >= 15 is 0 Å². The second-order valence-electron chi connectivity index (χ2n) is 2.92. The average molecular weight is 178 g/mol. The summed E-state index contributed by atoms with van der Waals surface area (Å²) in [5.41, 5.74) is 7.79. The minimum Gasteiger partial charge on any atom is -0.497 e. The van der Waals surface area contributed by atoms with E-state index in [0.29, 0.717) is 5.96 Å². The van der Waals surface area contributed by atoms with Gasteiger partial charge in [0, 0.05) is 11.6 Å². The first-order valence-corrected chi connectivity index (χ1v) is 4.10. The number of nitrogens with two attached hydrogens (primary N) is 1. The van der Waals surface area contributed by atoms with Gasteiger partial charge >= 0.3 is 5.96 Å². The Morgan fingerprint density at radius 3 is 3.15 bits per heavy atom. The Morgan fingerprint density at radius 2 is 2.38 bits per heavy atom. The minimum atomic E-state index is 0.584. The summed E-state index contributed by atoms with van der Waals surface area (Å²) in [6.07, 6.45) is 0. The van der Waals surface area contributed by atoms with Crippen LogP contribution in [0.4, 0.5) is 5.69 Å². The molecule has 2 rings (SSSR count). The molecule has 4 nitrogen and oxygen atoms in total. The van der Waals surface area contributed by atoms with Gasteiger partial charge in [0.05, 0.1) is 13.7 Å². The van der Waals surface area contributed by atoms with Crippen molar-refractivity contribution < 1.29 is 9.73 Å². The van der Waals surface area contributed by atoms with Crippen LogP contribution in [0, 0.1) is 0 Å². The van der Waals surface area contributed by atoms with Crippen LogP contribution in [0.3, 0.4) is 0 Å². The second kappa shape index (κ2) is 2.97. The van der Waals surface area contributed by atoms with E-state index in [4.69, 9.17) is 10.5 Å². The van der Waals surface area contributed by atoms with Gasteiger partial charge in [-0.3, -0.25) is 10.7 Å². The molecular weight excluding hydrogens is 166 g/mol. The lowest BCUT2D eigenvalue weighted by atomic mass is 10.1. The van der Waals surface area contributed by atoms with Crippen LogP contribution in [-0.4, -0.2) is 13.1 Å². The molecule has 0 radical (unpaired) electrons. The molecule has 0 amide bonds. The van der Waals surface area contributed by atoms with Gasteiger partial charge < -0.3 is 4.74 Å². The number of methoxy groups -OCH3 is 1. The molecule has 4 N–H and O–H groups in total. The zero-order valence-electron chi connectivity index (χ0n) is 7.42. The van der Waals surface area contributed by atoms with E-state index < -0.39 is 0 Å². The summed E-state index contributed by atoms with van der Waals surface area (Å²) in [7, 11) is 1.65. The highest BCUT2D eigenvalue weighted by Gasteiger charge is 2.14. The molecule has 0 saturated carbocycles. The van der Waals surface area contributed by atoms with E-state index in [2.05, 4.69) is 10.3 Å². The molecule has 0 unspecified atom stereocenters. The molecule has 0 bridgehead atoms. The Balaban J connectivity index is 2.37. The van der Waals surface area contributed by atoms with Gasteiger partial charge in [0.1, 0.15) is 11.4 Å². The van der Waals surface area contributed by atoms with Gasteiger partial charge in [0.25, 0.3) is 0 Å². The predicted octanol–water partition coefficient (Wildman–Crippen LogP) is -0.984. The van der Waals surface area contributed by atoms with E-state index in [1.165, 1.54) is 5.56 Å².